The molecule has 0 atom stereocenters. The standard InChI is InChI=1S/C15H28B4/c1-16-17-13-9-5-11-15(12-6-10-13)19-18-14-7-3-2-4-8-14/h13-15H,2-12H2,1H3. The summed E-state index contributed by atoms with van der Waals surface area (Å²) in [4.78, 5) is 0. The maximum absolute atomic E-state index is 2.59. The van der Waals surface area contributed by atoms with Gasteiger partial charge in [-0.05, 0) is 0 Å². The first-order valence-electron chi connectivity index (χ1n) is 8.69. The Kier molecular flexibility index (Phi) is 7.61. The van der Waals surface area contributed by atoms with Crippen molar-refractivity contribution in [3.05, 3.63) is 0 Å². The van der Waals surface area contributed by atoms with E-state index < -0.39 is 0 Å². The monoisotopic (exact) mass is 252 g/mol. The van der Waals surface area contributed by atoms with E-state index in [9.17, 15) is 0 Å². The molecule has 0 saturated heterocycles. The van der Waals surface area contributed by atoms with Crippen LogP contribution in [-0.2, 0) is 0 Å². The van der Waals surface area contributed by atoms with Crippen molar-refractivity contribution in [2.24, 2.45) is 0 Å². The van der Waals surface area contributed by atoms with Crippen LogP contribution in [0.25, 0.3) is 0 Å². The van der Waals surface area contributed by atoms with Crippen molar-refractivity contribution < 1.29 is 0 Å². The molecule has 0 amide bonds. The lowest BCUT2D eigenvalue weighted by Crippen LogP contribution is -2.20. The third kappa shape index (κ3) is 6.04. The summed E-state index contributed by atoms with van der Waals surface area (Å²) in [7, 11) is 9.84. The van der Waals surface area contributed by atoms with Crippen LogP contribution in [0, 0.1) is 0 Å². The van der Waals surface area contributed by atoms with Crippen molar-refractivity contribution >= 4 is 28.7 Å². The molecular weight excluding hydrogens is 223 g/mol. The summed E-state index contributed by atoms with van der Waals surface area (Å²) in [5, 5.41) is 0. The minimum absolute atomic E-state index is 0.869. The minimum atomic E-state index is 0.869. The largest absolute Gasteiger partial charge is 0.0999 e. The van der Waals surface area contributed by atoms with Crippen molar-refractivity contribution in [3.63, 3.8) is 0 Å². The second kappa shape index (κ2) is 9.24. The van der Waals surface area contributed by atoms with Gasteiger partial charge in [0.2, 0.25) is 0 Å². The Morgan fingerprint density at radius 2 is 0.947 bits per heavy atom. The topological polar surface area (TPSA) is 0 Å². The van der Waals surface area contributed by atoms with Crippen molar-refractivity contribution in [3.8, 4) is 0 Å². The Balaban J connectivity index is 1.62. The first kappa shape index (κ1) is 15.6. The van der Waals surface area contributed by atoms with Crippen LogP contribution in [0.15, 0.2) is 0 Å². The summed E-state index contributed by atoms with van der Waals surface area (Å²) in [6.45, 7) is 2.16. The smallest absolute Gasteiger partial charge is 0.0699 e. The molecule has 0 aromatic heterocycles. The first-order valence-corrected chi connectivity index (χ1v) is 8.69. The fourth-order valence-corrected chi connectivity index (χ4v) is 3.87. The molecule has 0 aromatic carbocycles. The van der Waals surface area contributed by atoms with Gasteiger partial charge in [0.15, 0.2) is 0 Å². The molecule has 4 heteroatoms. The zero-order chi connectivity index (χ0) is 13.3. The Bertz CT molecular complexity index is 218. The zero-order valence-electron chi connectivity index (χ0n) is 12.8. The molecule has 0 spiro atoms. The normalized spacial score (nSPS) is 29.9. The quantitative estimate of drug-likeness (QED) is 0.637. The van der Waals surface area contributed by atoms with E-state index in [4.69, 9.17) is 0 Å². The summed E-state index contributed by atoms with van der Waals surface area (Å²) in [6, 6.07) is 0. The molecule has 100 valence electrons. The van der Waals surface area contributed by atoms with E-state index in [-0.39, 0.29) is 0 Å². The Morgan fingerprint density at radius 3 is 1.42 bits per heavy atom. The predicted octanol–water partition coefficient (Wildman–Crippen LogP) is 4.37. The van der Waals surface area contributed by atoms with E-state index in [0.717, 1.165) is 17.5 Å². The number of rotatable bonds is 5. The van der Waals surface area contributed by atoms with Gasteiger partial charge in [0.1, 0.15) is 0 Å². The maximum atomic E-state index is 2.59. The number of hydrogen-bond donors (Lipinski definition) is 0. The van der Waals surface area contributed by atoms with E-state index in [1.807, 2.05) is 0 Å². The van der Waals surface area contributed by atoms with E-state index in [2.05, 4.69) is 35.5 Å². The van der Waals surface area contributed by atoms with Gasteiger partial charge in [0.05, 0.1) is 28.7 Å². The highest BCUT2D eigenvalue weighted by molar-refractivity contribution is 7.02. The maximum Gasteiger partial charge on any atom is 0.0699 e. The summed E-state index contributed by atoms with van der Waals surface area (Å²) in [6.07, 6.45) is 15.8. The Hall–Kier alpha value is 0.260. The first-order chi connectivity index (χ1) is 9.38. The molecule has 0 nitrogen and oxygen atoms in total. The van der Waals surface area contributed by atoms with Gasteiger partial charge in [0.25, 0.3) is 0 Å². The van der Waals surface area contributed by atoms with Crippen LogP contribution in [0.4, 0.5) is 0 Å². The minimum Gasteiger partial charge on any atom is -0.0999 e. The average molecular weight is 252 g/mol. The van der Waals surface area contributed by atoms with Crippen LogP contribution in [0.3, 0.4) is 0 Å². The van der Waals surface area contributed by atoms with Gasteiger partial charge in [-0.25, -0.2) is 0 Å². The molecule has 0 unspecified atom stereocenters. The van der Waals surface area contributed by atoms with Crippen LogP contribution in [0.2, 0.25) is 24.3 Å². The predicted molar refractivity (Wildman–Crippen MR) is 90.9 cm³/mol. The fourth-order valence-electron chi connectivity index (χ4n) is 3.87. The third-order valence-electron chi connectivity index (χ3n) is 5.07. The highest BCUT2D eigenvalue weighted by Gasteiger charge is 2.20. The van der Waals surface area contributed by atoms with E-state index >= 15 is 0 Å². The summed E-state index contributed by atoms with van der Waals surface area (Å²) in [5.41, 5.74) is 0. The molecule has 0 N–H and O–H groups in total. The molecule has 0 aromatic rings. The van der Waals surface area contributed by atoms with E-state index in [1.165, 1.54) is 70.6 Å². The molecule has 2 fully saturated rings. The molecule has 0 bridgehead atoms. The van der Waals surface area contributed by atoms with Gasteiger partial charge in [-0.2, -0.15) is 0 Å². The summed E-state index contributed by atoms with van der Waals surface area (Å²) >= 11 is 0. The lowest BCUT2D eigenvalue weighted by Gasteiger charge is -2.26. The van der Waals surface area contributed by atoms with Crippen molar-refractivity contribution in [1.29, 1.82) is 0 Å². The summed E-state index contributed by atoms with van der Waals surface area (Å²) in [5.74, 6) is 2.66. The van der Waals surface area contributed by atoms with E-state index in [1.54, 1.807) is 0 Å². The number of hydrogen-bond acceptors (Lipinski definition) is 0. The molecule has 0 heterocycles. The fraction of sp³-hybridized carbons (Fsp3) is 1.00. The van der Waals surface area contributed by atoms with Crippen molar-refractivity contribution in [1.82, 2.24) is 0 Å². The van der Waals surface area contributed by atoms with Crippen LogP contribution in [-0.4, -0.2) is 28.7 Å². The van der Waals surface area contributed by atoms with Gasteiger partial charge in [-0.15, -0.1) is 0 Å². The molecule has 19 heavy (non-hydrogen) atoms. The molecule has 2 aliphatic rings. The van der Waals surface area contributed by atoms with Crippen molar-refractivity contribution in [2.75, 3.05) is 0 Å². The molecule has 2 saturated carbocycles. The second-order valence-corrected chi connectivity index (χ2v) is 6.69. The van der Waals surface area contributed by atoms with Gasteiger partial charge in [0, 0.05) is 0 Å². The molecule has 4 radical (unpaired) electrons. The average Bonchev–Trinajstić information content (AvgIpc) is 2.42. The van der Waals surface area contributed by atoms with Gasteiger partial charge >= 0.3 is 0 Å². The highest BCUT2D eigenvalue weighted by atomic mass is 14.1. The zero-order valence-corrected chi connectivity index (χ0v) is 12.8. The lowest BCUT2D eigenvalue weighted by molar-refractivity contribution is 0.497. The van der Waals surface area contributed by atoms with Gasteiger partial charge < -0.3 is 0 Å². The van der Waals surface area contributed by atoms with Crippen LogP contribution in [0.1, 0.15) is 70.6 Å². The van der Waals surface area contributed by atoms with Gasteiger partial charge in [-0.1, -0.05) is 94.9 Å². The molecular formula is C15H28B4. The van der Waals surface area contributed by atoms with E-state index in [0.29, 0.717) is 0 Å². The molecule has 2 aliphatic carbocycles. The van der Waals surface area contributed by atoms with Gasteiger partial charge in [-0.3, -0.25) is 0 Å². The Labute approximate surface area is 124 Å². The van der Waals surface area contributed by atoms with Crippen molar-refractivity contribution in [2.45, 2.75) is 94.9 Å². The Morgan fingerprint density at radius 1 is 0.526 bits per heavy atom. The van der Waals surface area contributed by atoms with Crippen LogP contribution >= 0.6 is 0 Å². The highest BCUT2D eigenvalue weighted by Crippen LogP contribution is 2.33. The molecule has 2 rings (SSSR count). The summed E-state index contributed by atoms with van der Waals surface area (Å²) < 4.78 is 0. The third-order valence-corrected chi connectivity index (χ3v) is 5.07. The second-order valence-electron chi connectivity index (χ2n) is 6.69. The van der Waals surface area contributed by atoms with Crippen LogP contribution in [0.5, 0.6) is 0 Å². The molecule has 0 aliphatic heterocycles. The van der Waals surface area contributed by atoms with Crippen LogP contribution < -0.4 is 0 Å². The lowest BCUT2D eigenvalue weighted by atomic mass is 9.27. The SMILES string of the molecule is C[B][B]C1CCCC([B][B]C2CCCCC2)CCC1.